The third-order valence-electron chi connectivity index (χ3n) is 1.74. The highest BCUT2D eigenvalue weighted by Crippen LogP contribution is 2.20. The van der Waals surface area contributed by atoms with Crippen LogP contribution in [-0.2, 0) is 14.8 Å². The van der Waals surface area contributed by atoms with Gasteiger partial charge in [-0.15, -0.1) is 0 Å². The van der Waals surface area contributed by atoms with Gasteiger partial charge in [-0.25, -0.2) is 8.42 Å². The van der Waals surface area contributed by atoms with Gasteiger partial charge in [0.1, 0.15) is 5.75 Å². The van der Waals surface area contributed by atoms with Gasteiger partial charge in [0, 0.05) is 6.54 Å². The maximum absolute atomic E-state index is 11.4. The second-order valence-corrected chi connectivity index (χ2v) is 6.59. The quantitative estimate of drug-likeness (QED) is 0.616. The summed E-state index contributed by atoms with van der Waals surface area (Å²) in [5, 5.41) is 0. The van der Waals surface area contributed by atoms with Gasteiger partial charge in [-0.1, -0.05) is 20.8 Å². The van der Waals surface area contributed by atoms with Crippen LogP contribution >= 0.6 is 0 Å². The first-order valence-corrected chi connectivity index (χ1v) is 5.81. The Labute approximate surface area is 79.0 Å². The van der Waals surface area contributed by atoms with E-state index in [1.54, 1.807) is 0 Å². The molecule has 1 fully saturated rings. The van der Waals surface area contributed by atoms with Gasteiger partial charge >= 0.3 is 0 Å². The van der Waals surface area contributed by atoms with Crippen molar-refractivity contribution in [2.24, 2.45) is 5.41 Å². The zero-order valence-electron chi connectivity index (χ0n) is 8.20. The van der Waals surface area contributed by atoms with Crippen molar-refractivity contribution < 1.29 is 13.2 Å². The molecular weight excluding hydrogens is 190 g/mol. The van der Waals surface area contributed by atoms with E-state index in [9.17, 15) is 13.2 Å². The van der Waals surface area contributed by atoms with E-state index in [-0.39, 0.29) is 23.5 Å². The molecule has 0 atom stereocenters. The van der Waals surface area contributed by atoms with E-state index in [0.29, 0.717) is 6.54 Å². The highest BCUT2D eigenvalue weighted by molar-refractivity contribution is 7.90. The van der Waals surface area contributed by atoms with Gasteiger partial charge in [0.2, 0.25) is 10.0 Å². The van der Waals surface area contributed by atoms with Crippen molar-refractivity contribution >= 4 is 15.8 Å². The van der Waals surface area contributed by atoms with Crippen LogP contribution in [0.5, 0.6) is 0 Å². The van der Waals surface area contributed by atoms with Crippen LogP contribution in [0.3, 0.4) is 0 Å². The average Bonchev–Trinajstić information content (AvgIpc) is 2.00. The van der Waals surface area contributed by atoms with Crippen molar-refractivity contribution in [2.45, 2.75) is 20.8 Å². The Bertz CT molecular complexity index is 313. The van der Waals surface area contributed by atoms with E-state index in [4.69, 9.17) is 0 Å². The highest BCUT2D eigenvalue weighted by atomic mass is 32.2. The molecule has 1 heterocycles. The van der Waals surface area contributed by atoms with Gasteiger partial charge in [0.05, 0.1) is 6.54 Å². The second kappa shape index (κ2) is 3.06. The van der Waals surface area contributed by atoms with Crippen molar-refractivity contribution in [3.63, 3.8) is 0 Å². The van der Waals surface area contributed by atoms with Gasteiger partial charge in [-0.05, 0) is 5.41 Å². The fourth-order valence-electron chi connectivity index (χ4n) is 1.32. The summed E-state index contributed by atoms with van der Waals surface area (Å²) in [5.41, 5.74) is -0.0995. The SMILES string of the molecule is CC(C)(C)CN1CC(=O)CS1(=O)=O. The molecule has 0 aliphatic carbocycles. The molecule has 5 heteroatoms. The third kappa shape index (κ3) is 2.77. The summed E-state index contributed by atoms with van der Waals surface area (Å²) in [4.78, 5) is 10.9. The Kier molecular flexibility index (Phi) is 2.51. The number of sulfonamides is 1. The molecule has 1 aliphatic rings. The van der Waals surface area contributed by atoms with Crippen LogP contribution in [0.4, 0.5) is 0 Å². The minimum Gasteiger partial charge on any atom is -0.297 e. The Morgan fingerprint density at radius 1 is 1.38 bits per heavy atom. The zero-order valence-corrected chi connectivity index (χ0v) is 9.02. The first-order valence-electron chi connectivity index (χ1n) is 4.20. The molecule has 0 saturated carbocycles. The molecule has 0 bridgehead atoms. The van der Waals surface area contributed by atoms with Crippen molar-refractivity contribution in [1.82, 2.24) is 4.31 Å². The number of Topliss-reactive ketones (excluding diaryl/α,β-unsaturated/α-hetero) is 1. The molecule has 1 saturated heterocycles. The zero-order chi connectivity index (χ0) is 10.3. The fourth-order valence-corrected chi connectivity index (χ4v) is 2.92. The van der Waals surface area contributed by atoms with Crippen LogP contribution in [0.1, 0.15) is 20.8 Å². The fraction of sp³-hybridized carbons (Fsp3) is 0.875. The van der Waals surface area contributed by atoms with Crippen molar-refractivity contribution in [2.75, 3.05) is 18.8 Å². The molecule has 0 N–H and O–H groups in total. The molecule has 0 radical (unpaired) electrons. The minimum atomic E-state index is -3.29. The molecule has 1 aliphatic heterocycles. The lowest BCUT2D eigenvalue weighted by atomic mass is 9.97. The molecule has 76 valence electrons. The number of nitrogens with zero attached hydrogens (tertiary/aromatic N) is 1. The van der Waals surface area contributed by atoms with Crippen LogP contribution in [0.2, 0.25) is 0 Å². The van der Waals surface area contributed by atoms with Gasteiger partial charge in [-0.3, -0.25) is 4.79 Å². The van der Waals surface area contributed by atoms with Gasteiger partial charge in [0.25, 0.3) is 0 Å². The van der Waals surface area contributed by atoms with E-state index >= 15 is 0 Å². The minimum absolute atomic E-state index is 0.0552. The third-order valence-corrected chi connectivity index (χ3v) is 3.47. The second-order valence-electron chi connectivity index (χ2n) is 4.62. The summed E-state index contributed by atoms with van der Waals surface area (Å²) < 4.78 is 24.0. The largest absolute Gasteiger partial charge is 0.297 e. The summed E-state index contributed by atoms with van der Waals surface area (Å²) >= 11 is 0. The molecule has 4 nitrogen and oxygen atoms in total. The summed E-state index contributed by atoms with van der Waals surface area (Å²) in [6, 6.07) is 0. The van der Waals surface area contributed by atoms with Crippen LogP contribution in [0.25, 0.3) is 0 Å². The monoisotopic (exact) mass is 205 g/mol. The number of carbonyl (C=O) groups is 1. The molecule has 0 aromatic carbocycles. The molecule has 0 amide bonds. The average molecular weight is 205 g/mol. The molecule has 13 heavy (non-hydrogen) atoms. The van der Waals surface area contributed by atoms with E-state index < -0.39 is 10.0 Å². The lowest BCUT2D eigenvalue weighted by Crippen LogP contribution is -2.34. The maximum Gasteiger partial charge on any atom is 0.221 e. The van der Waals surface area contributed by atoms with E-state index in [1.165, 1.54) is 4.31 Å². The Morgan fingerprint density at radius 2 is 1.92 bits per heavy atom. The summed E-state index contributed by atoms with van der Waals surface area (Å²) in [6.07, 6.45) is 0. The van der Waals surface area contributed by atoms with Crippen LogP contribution < -0.4 is 0 Å². The summed E-state index contributed by atoms with van der Waals surface area (Å²) in [6.45, 7) is 6.32. The Morgan fingerprint density at radius 3 is 2.23 bits per heavy atom. The standard InChI is InChI=1S/C8H15NO3S/c1-8(2,3)6-9-4-7(10)5-13(9,11)12/h4-6H2,1-3H3. The molecule has 0 aromatic heterocycles. The first-order chi connectivity index (χ1) is 5.71. The van der Waals surface area contributed by atoms with Crippen molar-refractivity contribution in [3.05, 3.63) is 0 Å². The van der Waals surface area contributed by atoms with Crippen molar-refractivity contribution in [3.8, 4) is 0 Å². The topological polar surface area (TPSA) is 54.5 Å². The Balaban J connectivity index is 2.78. The maximum atomic E-state index is 11.4. The number of rotatable bonds is 1. The lowest BCUT2D eigenvalue weighted by molar-refractivity contribution is -0.116. The molecule has 1 rings (SSSR count). The van der Waals surface area contributed by atoms with E-state index in [1.807, 2.05) is 20.8 Å². The van der Waals surface area contributed by atoms with Crippen LogP contribution in [-0.4, -0.2) is 37.3 Å². The molecule has 0 aromatic rings. The first kappa shape index (κ1) is 10.7. The number of hydrogen-bond donors (Lipinski definition) is 0. The van der Waals surface area contributed by atoms with Gasteiger partial charge in [-0.2, -0.15) is 4.31 Å². The van der Waals surface area contributed by atoms with E-state index in [0.717, 1.165) is 0 Å². The highest BCUT2D eigenvalue weighted by Gasteiger charge is 2.36. The molecule has 0 unspecified atom stereocenters. The van der Waals surface area contributed by atoms with Crippen LogP contribution in [0.15, 0.2) is 0 Å². The summed E-state index contributed by atoms with van der Waals surface area (Å²) in [7, 11) is -3.29. The Hall–Kier alpha value is -0.420. The normalized spacial score (nSPS) is 23.8. The lowest BCUT2D eigenvalue weighted by Gasteiger charge is -2.24. The summed E-state index contributed by atoms with van der Waals surface area (Å²) in [5.74, 6) is -0.521. The predicted octanol–water partition coefficient (Wildman–Crippen LogP) is 0.247. The number of hydrogen-bond acceptors (Lipinski definition) is 3. The van der Waals surface area contributed by atoms with Crippen LogP contribution in [0, 0.1) is 5.41 Å². The molecule has 0 spiro atoms. The number of carbonyl (C=O) groups excluding carboxylic acids is 1. The smallest absolute Gasteiger partial charge is 0.221 e. The van der Waals surface area contributed by atoms with Gasteiger partial charge < -0.3 is 0 Å². The number of ketones is 1. The predicted molar refractivity (Wildman–Crippen MR) is 49.8 cm³/mol. The molecular formula is C8H15NO3S. The van der Waals surface area contributed by atoms with E-state index in [2.05, 4.69) is 0 Å². The van der Waals surface area contributed by atoms with Gasteiger partial charge in [0.15, 0.2) is 5.78 Å². The van der Waals surface area contributed by atoms with Crippen molar-refractivity contribution in [1.29, 1.82) is 0 Å².